The Kier molecular flexibility index (Phi) is 5.29. The molecular formula is C24H29NO3. The number of aromatic nitrogens is 1. The zero-order chi connectivity index (χ0) is 19.7. The van der Waals surface area contributed by atoms with E-state index in [0.717, 1.165) is 48.9 Å². The Hall–Kier alpha value is -2.49. The lowest BCUT2D eigenvalue weighted by atomic mass is 9.85. The van der Waals surface area contributed by atoms with Gasteiger partial charge in [0.25, 0.3) is 0 Å². The Balaban J connectivity index is 1.69. The average Bonchev–Trinajstić information content (AvgIpc) is 3.44. The van der Waals surface area contributed by atoms with Crippen LogP contribution in [-0.4, -0.2) is 18.3 Å². The van der Waals surface area contributed by atoms with Gasteiger partial charge in [0, 0.05) is 30.1 Å². The van der Waals surface area contributed by atoms with E-state index in [1.165, 1.54) is 36.0 Å². The first-order chi connectivity index (χ1) is 13.5. The van der Waals surface area contributed by atoms with Crippen LogP contribution >= 0.6 is 0 Å². The van der Waals surface area contributed by atoms with Crippen molar-refractivity contribution in [1.29, 1.82) is 0 Å². The van der Waals surface area contributed by atoms with Gasteiger partial charge in [-0.2, -0.15) is 0 Å². The van der Waals surface area contributed by atoms with Gasteiger partial charge in [0.15, 0.2) is 16.9 Å². The van der Waals surface area contributed by atoms with Crippen LogP contribution in [0.1, 0.15) is 49.1 Å². The highest BCUT2D eigenvalue weighted by Crippen LogP contribution is 2.39. The monoisotopic (exact) mass is 379 g/mol. The second-order valence-corrected chi connectivity index (χ2v) is 8.12. The Labute approximate surface area is 166 Å². The summed E-state index contributed by atoms with van der Waals surface area (Å²) in [4.78, 5) is 11.8. The van der Waals surface area contributed by atoms with E-state index >= 15 is 0 Å². The molecule has 28 heavy (non-hydrogen) atoms. The maximum atomic E-state index is 11.8. The van der Waals surface area contributed by atoms with Crippen LogP contribution in [0.15, 0.2) is 40.7 Å². The minimum absolute atomic E-state index is 0.0734. The van der Waals surface area contributed by atoms with Crippen molar-refractivity contribution in [3.05, 3.63) is 63.1 Å². The molecule has 2 aromatic rings. The minimum atomic E-state index is 0.0734. The number of methoxy groups -OCH3 is 1. The predicted molar refractivity (Wildman–Crippen MR) is 112 cm³/mol. The van der Waals surface area contributed by atoms with Crippen LogP contribution in [0.4, 0.5) is 0 Å². The molecule has 0 amide bonds. The highest BCUT2D eigenvalue weighted by Gasteiger charge is 2.23. The molecule has 1 aromatic heterocycles. The first-order valence-corrected chi connectivity index (χ1v) is 10.3. The fourth-order valence-corrected chi connectivity index (χ4v) is 3.83. The van der Waals surface area contributed by atoms with Gasteiger partial charge in [-0.15, -0.1) is 0 Å². The molecule has 0 radical (unpaired) electrons. The van der Waals surface area contributed by atoms with Crippen LogP contribution in [0.2, 0.25) is 0 Å². The first-order valence-electron chi connectivity index (χ1n) is 10.3. The molecule has 4 nitrogen and oxygen atoms in total. The summed E-state index contributed by atoms with van der Waals surface area (Å²) in [5.41, 5.74) is 6.13. The number of allylic oxidation sites excluding steroid dienone is 2. The quantitative estimate of drug-likeness (QED) is 0.687. The number of rotatable bonds is 7. The summed E-state index contributed by atoms with van der Waals surface area (Å²) < 4.78 is 13.8. The van der Waals surface area contributed by atoms with Gasteiger partial charge in [0.2, 0.25) is 0 Å². The van der Waals surface area contributed by atoms with Crippen molar-refractivity contribution in [2.45, 2.75) is 52.5 Å². The van der Waals surface area contributed by atoms with E-state index in [-0.39, 0.29) is 5.43 Å². The van der Waals surface area contributed by atoms with Crippen LogP contribution in [0.3, 0.4) is 0 Å². The lowest BCUT2D eigenvalue weighted by Gasteiger charge is -2.25. The number of ether oxygens (including phenoxy) is 2. The average molecular weight is 380 g/mol. The molecule has 0 aliphatic heterocycles. The number of hydrogen-bond acceptors (Lipinski definition) is 3. The van der Waals surface area contributed by atoms with Gasteiger partial charge in [0.1, 0.15) is 0 Å². The fourth-order valence-electron chi connectivity index (χ4n) is 3.83. The predicted octanol–water partition coefficient (Wildman–Crippen LogP) is 4.90. The molecule has 0 saturated heterocycles. The van der Waals surface area contributed by atoms with Gasteiger partial charge in [-0.05, 0) is 75.1 Å². The highest BCUT2D eigenvalue weighted by atomic mass is 16.5. The van der Waals surface area contributed by atoms with E-state index in [9.17, 15) is 4.79 Å². The van der Waals surface area contributed by atoms with Gasteiger partial charge >= 0.3 is 0 Å². The SMILES string of the molecule is COc1ccc(C(Cn2c(C)cc(=O)cc2C)=C2CCC2)cc1OCC1CC1. The molecule has 1 heterocycles. The van der Waals surface area contributed by atoms with E-state index in [4.69, 9.17) is 9.47 Å². The minimum Gasteiger partial charge on any atom is -0.493 e. The number of benzene rings is 1. The molecule has 4 rings (SSSR count). The van der Waals surface area contributed by atoms with Crippen molar-refractivity contribution in [3.8, 4) is 11.5 Å². The maximum Gasteiger partial charge on any atom is 0.182 e. The molecule has 2 fully saturated rings. The first kappa shape index (κ1) is 18.9. The van der Waals surface area contributed by atoms with Crippen LogP contribution in [0.5, 0.6) is 11.5 Å². The van der Waals surface area contributed by atoms with Crippen LogP contribution < -0.4 is 14.9 Å². The van der Waals surface area contributed by atoms with Crippen molar-refractivity contribution in [2.24, 2.45) is 5.92 Å². The van der Waals surface area contributed by atoms with Crippen molar-refractivity contribution < 1.29 is 9.47 Å². The summed E-state index contributed by atoms with van der Waals surface area (Å²) in [5, 5.41) is 0. The molecule has 0 unspecified atom stereocenters. The van der Waals surface area contributed by atoms with Crippen molar-refractivity contribution in [1.82, 2.24) is 4.57 Å². The van der Waals surface area contributed by atoms with Crippen LogP contribution in [0, 0.1) is 19.8 Å². The Morgan fingerprint density at radius 3 is 2.36 bits per heavy atom. The lowest BCUT2D eigenvalue weighted by Crippen LogP contribution is -2.16. The molecule has 0 bridgehead atoms. The third-order valence-corrected chi connectivity index (χ3v) is 5.94. The van der Waals surface area contributed by atoms with E-state index in [0.29, 0.717) is 5.92 Å². The topological polar surface area (TPSA) is 40.5 Å². The lowest BCUT2D eigenvalue weighted by molar-refractivity contribution is 0.280. The van der Waals surface area contributed by atoms with Gasteiger partial charge in [-0.1, -0.05) is 11.6 Å². The molecule has 2 aliphatic rings. The van der Waals surface area contributed by atoms with E-state index in [2.05, 4.69) is 16.7 Å². The highest BCUT2D eigenvalue weighted by molar-refractivity contribution is 5.72. The normalized spacial score (nSPS) is 15.9. The molecule has 0 spiro atoms. The molecule has 0 atom stereocenters. The van der Waals surface area contributed by atoms with Gasteiger partial charge in [0.05, 0.1) is 13.7 Å². The van der Waals surface area contributed by atoms with Gasteiger partial charge in [-0.3, -0.25) is 4.79 Å². The van der Waals surface area contributed by atoms with E-state index in [1.807, 2.05) is 19.9 Å². The maximum absolute atomic E-state index is 11.8. The number of hydrogen-bond donors (Lipinski definition) is 0. The third-order valence-electron chi connectivity index (χ3n) is 5.94. The smallest absolute Gasteiger partial charge is 0.182 e. The number of nitrogens with zero attached hydrogens (tertiary/aromatic N) is 1. The van der Waals surface area contributed by atoms with Crippen molar-refractivity contribution >= 4 is 5.57 Å². The molecule has 0 N–H and O–H groups in total. The van der Waals surface area contributed by atoms with Crippen LogP contribution in [0.25, 0.3) is 5.57 Å². The summed E-state index contributed by atoms with van der Waals surface area (Å²) in [5.74, 6) is 2.32. The molecule has 148 valence electrons. The summed E-state index contributed by atoms with van der Waals surface area (Å²) in [7, 11) is 1.69. The fraction of sp³-hybridized carbons (Fsp3) is 0.458. The van der Waals surface area contributed by atoms with Crippen LogP contribution in [-0.2, 0) is 6.54 Å². The van der Waals surface area contributed by atoms with Gasteiger partial charge < -0.3 is 14.0 Å². The largest absolute Gasteiger partial charge is 0.493 e. The zero-order valence-electron chi connectivity index (χ0n) is 17.1. The molecule has 1 aromatic carbocycles. The molecule has 2 saturated carbocycles. The summed E-state index contributed by atoms with van der Waals surface area (Å²) >= 11 is 0. The number of aryl methyl sites for hydroxylation is 2. The van der Waals surface area contributed by atoms with Crippen molar-refractivity contribution in [2.75, 3.05) is 13.7 Å². The van der Waals surface area contributed by atoms with Gasteiger partial charge in [-0.25, -0.2) is 0 Å². The Morgan fingerprint density at radius 2 is 1.79 bits per heavy atom. The third kappa shape index (κ3) is 4.01. The standard InChI is InChI=1S/C24H29NO3/c1-16-11-21(26)12-17(2)25(16)14-22(19-5-4-6-19)20-9-10-23(27-3)24(13-20)28-15-18-7-8-18/h9-13,18H,4-8,14-15H2,1-3H3. The van der Waals surface area contributed by atoms with Crippen molar-refractivity contribution in [3.63, 3.8) is 0 Å². The summed E-state index contributed by atoms with van der Waals surface area (Å²) in [6.07, 6.45) is 6.09. The summed E-state index contributed by atoms with van der Waals surface area (Å²) in [6.45, 7) is 5.57. The molecule has 4 heteroatoms. The van der Waals surface area contributed by atoms with E-state index in [1.54, 1.807) is 19.2 Å². The zero-order valence-corrected chi connectivity index (χ0v) is 17.1. The Morgan fingerprint density at radius 1 is 1.07 bits per heavy atom. The van der Waals surface area contributed by atoms with E-state index < -0.39 is 0 Å². The summed E-state index contributed by atoms with van der Waals surface area (Å²) in [6, 6.07) is 9.72. The molecule has 2 aliphatic carbocycles. The Bertz CT molecular complexity index is 934. The second kappa shape index (κ2) is 7.86. The second-order valence-electron chi connectivity index (χ2n) is 8.12. The number of pyridine rings is 1. The molecular weight excluding hydrogens is 350 g/mol.